The molecule has 0 N–H and O–H groups in total. The minimum atomic E-state index is 1.13. The molecule has 0 aromatic heterocycles. The highest BCUT2D eigenvalue weighted by Crippen LogP contribution is 1.86. The topological polar surface area (TPSA) is 0 Å². The average Bonchev–Trinajstić information content (AvgIpc) is 2.21. The van der Waals surface area contributed by atoms with Crippen LogP contribution in [0.1, 0.15) is 40.0 Å². The molecule has 0 aromatic carbocycles. The van der Waals surface area contributed by atoms with Gasteiger partial charge in [0.1, 0.15) is 0 Å². The molecule has 0 heteroatoms. The van der Waals surface area contributed by atoms with E-state index in [9.17, 15) is 0 Å². The first-order valence-corrected chi connectivity index (χ1v) is 5.38. The molecule has 0 aliphatic rings. The maximum atomic E-state index is 3.55. The van der Waals surface area contributed by atoms with E-state index in [2.05, 4.69) is 38.7 Å². The fraction of sp³-hybridized carbons (Fsp3) is 0.429. The predicted molar refractivity (Wildman–Crippen MR) is 68.5 cm³/mol. The maximum absolute atomic E-state index is 3.55. The van der Waals surface area contributed by atoms with Crippen LogP contribution in [0.4, 0.5) is 0 Å². The quantitative estimate of drug-likeness (QED) is 0.534. The van der Waals surface area contributed by atoms with Gasteiger partial charge in [0.15, 0.2) is 0 Å². The summed E-state index contributed by atoms with van der Waals surface area (Å²) in [5, 5.41) is 0. The Kier molecular flexibility index (Phi) is 19.7. The summed E-state index contributed by atoms with van der Waals surface area (Å²) in [6.07, 6.45) is 17.7. The lowest BCUT2D eigenvalue weighted by atomic mass is 10.3. The van der Waals surface area contributed by atoms with Gasteiger partial charge in [0.05, 0.1) is 0 Å². The Morgan fingerprint density at radius 2 is 1.71 bits per heavy atom. The van der Waals surface area contributed by atoms with Crippen LogP contribution in [0, 0.1) is 0 Å². The Morgan fingerprint density at radius 3 is 2.14 bits per heavy atom. The molecule has 0 saturated carbocycles. The van der Waals surface area contributed by atoms with E-state index >= 15 is 0 Å². The lowest BCUT2D eigenvalue weighted by Gasteiger charge is -1.77. The van der Waals surface area contributed by atoms with Crippen molar-refractivity contribution in [3.8, 4) is 0 Å². The molecule has 0 aliphatic carbocycles. The van der Waals surface area contributed by atoms with Gasteiger partial charge in [-0.2, -0.15) is 0 Å². The van der Waals surface area contributed by atoms with Crippen LogP contribution in [-0.4, -0.2) is 0 Å². The molecule has 0 spiro atoms. The first-order chi connectivity index (χ1) is 6.83. The molecule has 0 aliphatic heterocycles. The van der Waals surface area contributed by atoms with E-state index in [1.165, 1.54) is 12.8 Å². The van der Waals surface area contributed by atoms with E-state index in [0.29, 0.717) is 0 Å². The normalized spacial score (nSPS) is 10.8. The van der Waals surface area contributed by atoms with Crippen LogP contribution in [-0.2, 0) is 0 Å². The molecule has 0 nitrogen and oxygen atoms in total. The third-order valence-electron chi connectivity index (χ3n) is 1.40. The van der Waals surface area contributed by atoms with E-state index in [1.807, 2.05) is 25.2 Å². The van der Waals surface area contributed by atoms with Crippen molar-refractivity contribution in [2.24, 2.45) is 0 Å². The second kappa shape index (κ2) is 17.9. The molecule has 0 rings (SSSR count). The molecule has 14 heavy (non-hydrogen) atoms. The molecule has 0 aromatic rings. The summed E-state index contributed by atoms with van der Waals surface area (Å²) in [7, 11) is 0. The highest BCUT2D eigenvalue weighted by molar-refractivity contribution is 5.00. The van der Waals surface area contributed by atoms with Gasteiger partial charge >= 0.3 is 0 Å². The minimum absolute atomic E-state index is 1.13. The molecule has 0 saturated heterocycles. The third kappa shape index (κ3) is 22.4. The Balaban J connectivity index is 0. The zero-order valence-electron chi connectivity index (χ0n) is 9.87. The van der Waals surface area contributed by atoms with Gasteiger partial charge in [0.25, 0.3) is 0 Å². The fourth-order valence-electron chi connectivity index (χ4n) is 0.685. The van der Waals surface area contributed by atoms with Gasteiger partial charge in [-0.25, -0.2) is 0 Å². The van der Waals surface area contributed by atoms with Gasteiger partial charge in [-0.15, -0.1) is 0 Å². The minimum Gasteiger partial charge on any atom is -0.0991 e. The molecule has 0 fully saturated rings. The van der Waals surface area contributed by atoms with E-state index in [-0.39, 0.29) is 0 Å². The molecule has 0 atom stereocenters. The Hall–Kier alpha value is -1.04. The van der Waals surface area contributed by atoms with Gasteiger partial charge in [-0.1, -0.05) is 69.4 Å². The van der Waals surface area contributed by atoms with Crippen molar-refractivity contribution in [1.29, 1.82) is 0 Å². The number of unbranched alkanes of at least 4 members (excludes halogenated alkanes) is 1. The molecular weight excluding hydrogens is 168 g/mol. The first kappa shape index (κ1) is 15.4. The van der Waals surface area contributed by atoms with Crippen molar-refractivity contribution in [2.45, 2.75) is 40.0 Å². The van der Waals surface area contributed by atoms with Crippen LogP contribution < -0.4 is 0 Å². The SMILES string of the molecule is C=CC=CCCC.CC=CC=CCC. The summed E-state index contributed by atoms with van der Waals surface area (Å²) in [6.45, 7) is 9.84. The highest BCUT2D eigenvalue weighted by atomic mass is 13.7. The smallest absolute Gasteiger partial charge is 0.0350 e. The third-order valence-corrected chi connectivity index (χ3v) is 1.40. The molecule has 0 bridgehead atoms. The van der Waals surface area contributed by atoms with E-state index in [0.717, 1.165) is 6.42 Å². The summed E-state index contributed by atoms with van der Waals surface area (Å²) in [4.78, 5) is 0. The largest absolute Gasteiger partial charge is 0.0991 e. The summed E-state index contributed by atoms with van der Waals surface area (Å²) < 4.78 is 0. The van der Waals surface area contributed by atoms with Crippen LogP contribution in [0.2, 0.25) is 0 Å². The van der Waals surface area contributed by atoms with Gasteiger partial charge in [-0.3, -0.25) is 0 Å². The van der Waals surface area contributed by atoms with Crippen molar-refractivity contribution >= 4 is 0 Å². The maximum Gasteiger partial charge on any atom is -0.0350 e. The van der Waals surface area contributed by atoms with Gasteiger partial charge < -0.3 is 0 Å². The Morgan fingerprint density at radius 1 is 1.00 bits per heavy atom. The van der Waals surface area contributed by atoms with Crippen molar-refractivity contribution < 1.29 is 0 Å². The lowest BCUT2D eigenvalue weighted by molar-refractivity contribution is 0.959. The van der Waals surface area contributed by atoms with Crippen molar-refractivity contribution in [3.63, 3.8) is 0 Å². The molecular formula is C14H24. The van der Waals surface area contributed by atoms with Crippen molar-refractivity contribution in [1.82, 2.24) is 0 Å². The van der Waals surface area contributed by atoms with Gasteiger partial charge in [0, 0.05) is 0 Å². The second-order valence-corrected chi connectivity index (χ2v) is 2.81. The molecule has 80 valence electrons. The zero-order chi connectivity index (χ0) is 11.1. The van der Waals surface area contributed by atoms with E-state index in [1.54, 1.807) is 6.08 Å². The van der Waals surface area contributed by atoms with Gasteiger partial charge in [-0.05, 0) is 19.8 Å². The summed E-state index contributed by atoms with van der Waals surface area (Å²) in [5.74, 6) is 0. The second-order valence-electron chi connectivity index (χ2n) is 2.81. The van der Waals surface area contributed by atoms with Crippen LogP contribution in [0.15, 0.2) is 49.1 Å². The van der Waals surface area contributed by atoms with E-state index in [4.69, 9.17) is 0 Å². The Bertz CT molecular complexity index is 170. The highest BCUT2D eigenvalue weighted by Gasteiger charge is 1.66. The number of hydrogen-bond donors (Lipinski definition) is 0. The Labute approximate surface area is 89.7 Å². The van der Waals surface area contributed by atoms with Crippen molar-refractivity contribution in [2.75, 3.05) is 0 Å². The monoisotopic (exact) mass is 192 g/mol. The predicted octanol–water partition coefficient (Wildman–Crippen LogP) is 5.06. The number of rotatable bonds is 5. The standard InChI is InChI=1S/2C7H12/c2*1-3-5-7-6-4-2/h3,5-7H,4H2,1-2H3;3,5,7H,1,4,6H2,2H3. The molecule has 0 radical (unpaired) electrons. The molecule has 0 amide bonds. The molecule has 0 heterocycles. The van der Waals surface area contributed by atoms with Crippen LogP contribution in [0.25, 0.3) is 0 Å². The zero-order valence-corrected chi connectivity index (χ0v) is 9.87. The molecule has 0 unspecified atom stereocenters. The van der Waals surface area contributed by atoms with Crippen molar-refractivity contribution in [3.05, 3.63) is 49.1 Å². The fourth-order valence-corrected chi connectivity index (χ4v) is 0.685. The van der Waals surface area contributed by atoms with E-state index < -0.39 is 0 Å². The summed E-state index contributed by atoms with van der Waals surface area (Å²) in [5.41, 5.74) is 0. The number of allylic oxidation sites excluding steroid dienone is 7. The van der Waals surface area contributed by atoms with Crippen LogP contribution in [0.3, 0.4) is 0 Å². The lowest BCUT2D eigenvalue weighted by Crippen LogP contribution is -1.56. The number of hydrogen-bond acceptors (Lipinski definition) is 0. The van der Waals surface area contributed by atoms with Crippen LogP contribution in [0.5, 0.6) is 0 Å². The summed E-state index contributed by atoms with van der Waals surface area (Å²) >= 11 is 0. The van der Waals surface area contributed by atoms with Crippen LogP contribution >= 0.6 is 0 Å². The first-order valence-electron chi connectivity index (χ1n) is 5.38. The average molecular weight is 192 g/mol. The van der Waals surface area contributed by atoms with Gasteiger partial charge in [0.2, 0.25) is 0 Å². The summed E-state index contributed by atoms with van der Waals surface area (Å²) in [6, 6.07) is 0.